The largest absolute Gasteiger partial charge is 0.478 e. The van der Waals surface area contributed by atoms with Gasteiger partial charge in [0.05, 0.1) is 12.6 Å². The van der Waals surface area contributed by atoms with Gasteiger partial charge in [-0.2, -0.15) is 0 Å². The van der Waals surface area contributed by atoms with Crippen molar-refractivity contribution < 1.29 is 19.4 Å². The topological polar surface area (TPSA) is 92.9 Å². The molecule has 1 saturated heterocycles. The maximum Gasteiger partial charge on any atom is 0.356 e. The predicted molar refractivity (Wildman–Crippen MR) is 74.7 cm³/mol. The standard InChI is InChI=1S/C9H17NO2.C2HCl3O2/c1-6(2)4-7(10)8(11)9(3)5-12-9;3-2(4,5)1(6)7/h6-7H,4-5,10H2,1-3H3;(H,6,7)/t7?,9-;/m1./s1. The second kappa shape index (κ2) is 7.09. The average Bonchev–Trinajstić information content (AvgIpc) is 2.95. The van der Waals surface area contributed by atoms with Crippen LogP contribution in [0.1, 0.15) is 27.2 Å². The molecule has 1 aliphatic rings. The monoisotopic (exact) mass is 333 g/mol. The van der Waals surface area contributed by atoms with Crippen LogP contribution in [0.15, 0.2) is 0 Å². The van der Waals surface area contributed by atoms with Gasteiger partial charge >= 0.3 is 5.97 Å². The maximum absolute atomic E-state index is 11.5. The molecule has 1 aliphatic heterocycles. The number of halogens is 3. The smallest absolute Gasteiger partial charge is 0.356 e. The average molecular weight is 335 g/mol. The summed E-state index contributed by atoms with van der Waals surface area (Å²) in [7, 11) is 0. The summed E-state index contributed by atoms with van der Waals surface area (Å²) in [5.74, 6) is -0.944. The minimum absolute atomic E-state index is 0.0520. The molecular weight excluding hydrogens is 316 g/mol. The van der Waals surface area contributed by atoms with Gasteiger partial charge in [0, 0.05) is 0 Å². The van der Waals surface area contributed by atoms with Crippen molar-refractivity contribution in [3.05, 3.63) is 0 Å². The van der Waals surface area contributed by atoms with Crippen LogP contribution >= 0.6 is 34.8 Å². The fourth-order valence-electron chi connectivity index (χ4n) is 1.26. The lowest BCUT2D eigenvalue weighted by Gasteiger charge is -2.14. The SMILES string of the molecule is CC(C)CC(N)C(=O)[C@@]1(C)CO1.O=C(O)C(Cl)(Cl)Cl. The molecule has 0 amide bonds. The summed E-state index contributed by atoms with van der Waals surface area (Å²) in [5, 5.41) is 7.85. The fraction of sp³-hybridized carbons (Fsp3) is 0.818. The molecular formula is C11H18Cl3NO4. The number of carbonyl (C=O) groups is 2. The maximum atomic E-state index is 11.5. The lowest BCUT2D eigenvalue weighted by molar-refractivity contribution is -0.136. The van der Waals surface area contributed by atoms with Gasteiger partial charge in [0.1, 0.15) is 5.60 Å². The van der Waals surface area contributed by atoms with Crippen molar-refractivity contribution in [2.24, 2.45) is 11.7 Å². The van der Waals surface area contributed by atoms with Gasteiger partial charge in [0.2, 0.25) is 0 Å². The van der Waals surface area contributed by atoms with E-state index in [1.54, 1.807) is 6.92 Å². The van der Waals surface area contributed by atoms with Gasteiger partial charge in [-0.15, -0.1) is 0 Å². The first-order valence-corrected chi connectivity index (χ1v) is 6.77. The number of rotatable bonds is 4. The molecule has 1 heterocycles. The summed E-state index contributed by atoms with van der Waals surface area (Å²) < 4.78 is 2.86. The van der Waals surface area contributed by atoms with E-state index in [0.717, 1.165) is 6.42 Å². The van der Waals surface area contributed by atoms with E-state index in [4.69, 9.17) is 50.4 Å². The number of ketones is 1. The highest BCUT2D eigenvalue weighted by atomic mass is 35.6. The fourth-order valence-corrected chi connectivity index (χ4v) is 1.26. The van der Waals surface area contributed by atoms with Gasteiger partial charge < -0.3 is 15.6 Å². The Balaban J connectivity index is 0.000000399. The number of aliphatic carboxylic acids is 1. The van der Waals surface area contributed by atoms with E-state index in [-0.39, 0.29) is 11.8 Å². The van der Waals surface area contributed by atoms with Crippen LogP contribution in [-0.2, 0) is 14.3 Å². The van der Waals surface area contributed by atoms with E-state index >= 15 is 0 Å². The Bertz CT molecular complexity index is 337. The second-order valence-electron chi connectivity index (χ2n) is 4.92. The molecule has 2 atom stereocenters. The zero-order chi connectivity index (χ0) is 15.4. The number of carbonyl (C=O) groups excluding carboxylic acids is 1. The van der Waals surface area contributed by atoms with Crippen molar-refractivity contribution >= 4 is 46.6 Å². The lowest BCUT2D eigenvalue weighted by Crippen LogP contribution is -2.40. The number of Topliss-reactive ketones (excluding diaryl/α,β-unsaturated/α-hetero) is 1. The van der Waals surface area contributed by atoms with Crippen LogP contribution in [0, 0.1) is 5.92 Å². The second-order valence-corrected chi connectivity index (χ2v) is 7.20. The van der Waals surface area contributed by atoms with Gasteiger partial charge in [0.25, 0.3) is 3.79 Å². The van der Waals surface area contributed by atoms with Crippen molar-refractivity contribution in [3.63, 3.8) is 0 Å². The Hall–Kier alpha value is -0.0700. The van der Waals surface area contributed by atoms with E-state index in [0.29, 0.717) is 12.5 Å². The number of nitrogens with two attached hydrogens (primary N) is 1. The molecule has 0 aromatic carbocycles. The Kier molecular flexibility index (Phi) is 7.06. The third kappa shape index (κ3) is 7.32. The molecule has 0 saturated carbocycles. The molecule has 0 bridgehead atoms. The summed E-state index contributed by atoms with van der Waals surface area (Å²) in [6, 6.07) is -0.350. The lowest BCUT2D eigenvalue weighted by atomic mass is 9.94. The summed E-state index contributed by atoms with van der Waals surface area (Å²) in [6.45, 7) is 6.46. The molecule has 3 N–H and O–H groups in total. The van der Waals surface area contributed by atoms with E-state index in [1.807, 2.05) is 0 Å². The van der Waals surface area contributed by atoms with Crippen molar-refractivity contribution in [2.45, 2.75) is 42.6 Å². The highest BCUT2D eigenvalue weighted by molar-refractivity contribution is 6.75. The van der Waals surface area contributed by atoms with E-state index in [9.17, 15) is 9.59 Å². The minimum atomic E-state index is -2.17. The van der Waals surface area contributed by atoms with Crippen LogP contribution < -0.4 is 5.73 Å². The van der Waals surface area contributed by atoms with Crippen molar-refractivity contribution in [2.75, 3.05) is 6.61 Å². The number of epoxide rings is 1. The quantitative estimate of drug-likeness (QED) is 0.607. The Morgan fingerprint density at radius 2 is 1.79 bits per heavy atom. The van der Waals surface area contributed by atoms with Gasteiger partial charge in [-0.25, -0.2) is 4.79 Å². The third-order valence-corrected chi connectivity index (χ3v) is 2.89. The highest BCUT2D eigenvalue weighted by Gasteiger charge is 2.48. The van der Waals surface area contributed by atoms with Crippen LogP contribution in [0.25, 0.3) is 0 Å². The summed E-state index contributed by atoms with van der Waals surface area (Å²) >= 11 is 14.4. The predicted octanol–water partition coefficient (Wildman–Crippen LogP) is 2.16. The number of hydrogen-bond donors (Lipinski definition) is 2. The molecule has 5 nitrogen and oxygen atoms in total. The van der Waals surface area contributed by atoms with Crippen LogP contribution in [0.2, 0.25) is 0 Å². The number of carboxylic acids is 1. The van der Waals surface area contributed by atoms with Gasteiger partial charge in [-0.1, -0.05) is 48.7 Å². The molecule has 0 aromatic heterocycles. The molecule has 19 heavy (non-hydrogen) atoms. The van der Waals surface area contributed by atoms with Crippen molar-refractivity contribution in [3.8, 4) is 0 Å². The number of alkyl halides is 3. The zero-order valence-electron chi connectivity index (χ0n) is 11.0. The van der Waals surface area contributed by atoms with Crippen LogP contribution in [-0.4, -0.2) is 38.9 Å². The molecule has 1 rings (SSSR count). The Morgan fingerprint density at radius 3 is 2.00 bits per heavy atom. The van der Waals surface area contributed by atoms with Crippen LogP contribution in [0.4, 0.5) is 0 Å². The Morgan fingerprint density at radius 1 is 1.42 bits per heavy atom. The molecule has 1 fully saturated rings. The normalized spacial score (nSPS) is 23.4. The van der Waals surface area contributed by atoms with Gasteiger partial charge in [-0.3, -0.25) is 4.79 Å². The first kappa shape index (κ1) is 18.9. The number of ether oxygens (including phenoxy) is 1. The molecule has 0 radical (unpaired) electrons. The first-order valence-electron chi connectivity index (χ1n) is 5.64. The molecule has 0 spiro atoms. The van der Waals surface area contributed by atoms with E-state index in [1.165, 1.54) is 0 Å². The summed E-state index contributed by atoms with van der Waals surface area (Å²) in [6.07, 6.45) is 0.748. The Labute approximate surface area is 127 Å². The summed E-state index contributed by atoms with van der Waals surface area (Å²) in [4.78, 5) is 21.1. The molecule has 0 aliphatic carbocycles. The first-order chi connectivity index (χ1) is 8.40. The van der Waals surface area contributed by atoms with Gasteiger partial charge in [-0.05, 0) is 19.3 Å². The van der Waals surface area contributed by atoms with E-state index in [2.05, 4.69) is 13.8 Å². The molecule has 112 valence electrons. The van der Waals surface area contributed by atoms with Crippen LogP contribution in [0.5, 0.6) is 0 Å². The van der Waals surface area contributed by atoms with Gasteiger partial charge in [0.15, 0.2) is 5.78 Å². The summed E-state index contributed by atoms with van der Waals surface area (Å²) in [5.41, 5.74) is 5.17. The van der Waals surface area contributed by atoms with E-state index < -0.39 is 15.4 Å². The number of hydrogen-bond acceptors (Lipinski definition) is 4. The third-order valence-electron chi connectivity index (χ3n) is 2.40. The van der Waals surface area contributed by atoms with Crippen molar-refractivity contribution in [1.82, 2.24) is 0 Å². The minimum Gasteiger partial charge on any atom is -0.478 e. The molecule has 1 unspecified atom stereocenters. The van der Waals surface area contributed by atoms with Crippen molar-refractivity contribution in [1.29, 1.82) is 0 Å². The molecule has 8 heteroatoms. The zero-order valence-corrected chi connectivity index (χ0v) is 13.2. The number of carboxylic acid groups (broad SMARTS) is 1. The molecule has 0 aromatic rings. The highest BCUT2D eigenvalue weighted by Crippen LogP contribution is 2.28. The van der Waals surface area contributed by atoms with Crippen LogP contribution in [0.3, 0.4) is 0 Å².